The first-order chi connectivity index (χ1) is 18.8. The van der Waals surface area contributed by atoms with Crippen LogP contribution in [0.15, 0.2) is 140 Å². The molecule has 0 spiro atoms. The number of benzene rings is 5. The maximum absolute atomic E-state index is 7.09. The number of para-hydroxylation sites is 3. The zero-order chi connectivity index (χ0) is 25.8. The second-order valence-corrected chi connectivity index (χ2v) is 17.7. The Hall–Kier alpha value is -3.59. The van der Waals surface area contributed by atoms with Crippen molar-refractivity contribution >= 4 is 53.7 Å². The van der Waals surface area contributed by atoms with Gasteiger partial charge in [0.15, 0.2) is 0 Å². The van der Waals surface area contributed by atoms with Crippen LogP contribution in [-0.2, 0) is 9.86 Å². The van der Waals surface area contributed by atoms with Gasteiger partial charge in [-0.05, 0) is 0 Å². The standard InChI is InChI=1S/C18H15GeO.C14H12N2O.Al/c20-19(16-10-4-1-5-11-16,17-12-6-2-7-13-17)18-14-8-3-9-15-18;1-16-12-8-4-3-7-11(12)15-14(16)10-6-2-5-9-13(10)17;/h1-15H;2-9,17H,1H3;/q-1;;+2/p-1. The maximum atomic E-state index is 7.09. The first-order valence-corrected chi connectivity index (χ1v) is 17.6. The second-order valence-electron chi connectivity index (χ2n) is 9.09. The number of fused-ring (bicyclic) bond motifs is 1. The SMILES string of the molecule is Cn1c(-c2ccccc2[O][Al][O][Ge]([c]2ccccc2)([c]2ccccc2)[c]2ccccc2)nc2ccccc21. The Bertz CT molecular complexity index is 1560. The number of hydrogen-bond donors (Lipinski definition) is 0. The van der Waals surface area contributed by atoms with Gasteiger partial charge in [-0.25, -0.2) is 0 Å². The van der Waals surface area contributed by atoms with Crippen LogP contribution < -0.4 is 17.0 Å². The molecule has 5 aromatic carbocycles. The van der Waals surface area contributed by atoms with Crippen molar-refractivity contribution in [1.82, 2.24) is 9.55 Å². The molecule has 1 radical (unpaired) electrons. The summed E-state index contributed by atoms with van der Waals surface area (Å²) in [5.41, 5.74) is 3.02. The third kappa shape index (κ3) is 4.59. The van der Waals surface area contributed by atoms with Crippen molar-refractivity contribution in [1.29, 1.82) is 0 Å². The van der Waals surface area contributed by atoms with Gasteiger partial charge in [0.1, 0.15) is 0 Å². The molecule has 4 nitrogen and oxygen atoms in total. The fourth-order valence-corrected chi connectivity index (χ4v) is 16.0. The van der Waals surface area contributed by atoms with Crippen LogP contribution in [0, 0.1) is 0 Å². The molecule has 0 atom stereocenters. The monoisotopic (exact) mass is 571 g/mol. The molecule has 0 amide bonds. The molecule has 38 heavy (non-hydrogen) atoms. The average molecular weight is 570 g/mol. The van der Waals surface area contributed by atoms with E-state index in [0.29, 0.717) is 0 Å². The Labute approximate surface area is 232 Å². The third-order valence-corrected chi connectivity index (χ3v) is 17.7. The van der Waals surface area contributed by atoms with E-state index in [-0.39, 0.29) is 0 Å². The normalized spacial score (nSPS) is 11.4. The molecule has 0 bridgehead atoms. The van der Waals surface area contributed by atoms with Crippen LogP contribution in [0.5, 0.6) is 5.75 Å². The van der Waals surface area contributed by atoms with Crippen LogP contribution in [0.4, 0.5) is 0 Å². The summed E-state index contributed by atoms with van der Waals surface area (Å²) in [4.78, 5) is 4.91. The van der Waals surface area contributed by atoms with Gasteiger partial charge in [-0.1, -0.05) is 0 Å². The summed E-state index contributed by atoms with van der Waals surface area (Å²) in [6.45, 7) is 0. The van der Waals surface area contributed by atoms with E-state index in [2.05, 4.69) is 108 Å². The molecule has 1 heterocycles. The predicted octanol–water partition coefficient (Wildman–Crippen LogP) is 4.84. The minimum atomic E-state index is -3.52. The van der Waals surface area contributed by atoms with Crippen LogP contribution in [-0.4, -0.2) is 39.0 Å². The van der Waals surface area contributed by atoms with Crippen molar-refractivity contribution in [2.24, 2.45) is 7.05 Å². The molecule has 0 aliphatic rings. The van der Waals surface area contributed by atoms with Gasteiger partial charge < -0.3 is 0 Å². The minimum absolute atomic E-state index is 0.784. The summed E-state index contributed by atoms with van der Waals surface area (Å²) in [5, 5.41) is 0. The number of imidazole rings is 1. The van der Waals surface area contributed by atoms with Gasteiger partial charge in [0.2, 0.25) is 0 Å². The number of hydrogen-bond acceptors (Lipinski definition) is 3. The molecule has 0 saturated carbocycles. The molecule has 6 aromatic rings. The van der Waals surface area contributed by atoms with E-state index >= 15 is 0 Å². The Morgan fingerprint density at radius 3 is 1.68 bits per heavy atom. The summed E-state index contributed by atoms with van der Waals surface area (Å²) in [6.07, 6.45) is 0. The van der Waals surface area contributed by atoms with E-state index in [9.17, 15) is 0 Å². The van der Waals surface area contributed by atoms with Crippen molar-refractivity contribution in [3.63, 3.8) is 0 Å². The summed E-state index contributed by atoms with van der Waals surface area (Å²) < 4.78 is 19.5. The van der Waals surface area contributed by atoms with Gasteiger partial charge in [-0.2, -0.15) is 0 Å². The molecular formula is C32H26AlGeN2O2. The molecule has 1 aromatic heterocycles. The van der Waals surface area contributed by atoms with Gasteiger partial charge in [0, 0.05) is 0 Å². The molecular weight excluding hydrogens is 544 g/mol. The summed E-state index contributed by atoms with van der Waals surface area (Å²) in [7, 11) is 2.05. The van der Waals surface area contributed by atoms with Gasteiger partial charge in [-0.15, -0.1) is 0 Å². The van der Waals surface area contributed by atoms with Crippen LogP contribution in [0.25, 0.3) is 22.4 Å². The van der Waals surface area contributed by atoms with Gasteiger partial charge in [0.25, 0.3) is 0 Å². The van der Waals surface area contributed by atoms with Gasteiger partial charge in [0.05, 0.1) is 0 Å². The Morgan fingerprint density at radius 1 is 0.605 bits per heavy atom. The molecule has 6 rings (SSSR count). The van der Waals surface area contributed by atoms with Crippen molar-refractivity contribution < 1.29 is 6.60 Å². The molecule has 0 unspecified atom stereocenters. The number of rotatable bonds is 8. The van der Waals surface area contributed by atoms with E-state index in [1.165, 1.54) is 13.2 Å². The molecule has 0 aliphatic heterocycles. The fraction of sp³-hybridized carbons (Fsp3) is 0.0312. The molecule has 183 valence electrons. The second kappa shape index (κ2) is 11.0. The number of aromatic nitrogens is 2. The number of aryl methyl sites for hydroxylation is 1. The zero-order valence-electron chi connectivity index (χ0n) is 21.1. The average Bonchev–Trinajstić information content (AvgIpc) is 3.33. The molecule has 0 aliphatic carbocycles. The summed E-state index contributed by atoms with van der Waals surface area (Å²) in [6, 6.07) is 48.3. The Balaban J connectivity index is 1.39. The summed E-state index contributed by atoms with van der Waals surface area (Å²) in [5.74, 6) is 1.66. The van der Waals surface area contributed by atoms with Crippen LogP contribution >= 0.6 is 0 Å². The van der Waals surface area contributed by atoms with E-state index in [0.717, 1.165) is 28.2 Å². The number of nitrogens with zero attached hydrogens (tertiary/aromatic N) is 2. The summed E-state index contributed by atoms with van der Waals surface area (Å²) >= 11 is -4.34. The zero-order valence-corrected chi connectivity index (χ0v) is 24.3. The van der Waals surface area contributed by atoms with Gasteiger partial charge >= 0.3 is 234 Å². The van der Waals surface area contributed by atoms with Crippen molar-refractivity contribution in [3.8, 4) is 17.1 Å². The molecule has 6 heteroatoms. The molecule has 0 N–H and O–H groups in total. The van der Waals surface area contributed by atoms with E-state index in [1.807, 2.05) is 43.4 Å². The Kier molecular flexibility index (Phi) is 7.17. The van der Waals surface area contributed by atoms with Crippen LogP contribution in [0.3, 0.4) is 0 Å². The quantitative estimate of drug-likeness (QED) is 0.246. The van der Waals surface area contributed by atoms with Crippen molar-refractivity contribution in [3.05, 3.63) is 140 Å². The van der Waals surface area contributed by atoms with Crippen LogP contribution in [0.1, 0.15) is 0 Å². The van der Waals surface area contributed by atoms with Crippen molar-refractivity contribution in [2.45, 2.75) is 0 Å². The van der Waals surface area contributed by atoms with Crippen LogP contribution in [0.2, 0.25) is 0 Å². The third-order valence-electron chi connectivity index (χ3n) is 6.86. The van der Waals surface area contributed by atoms with Crippen molar-refractivity contribution in [2.75, 3.05) is 0 Å². The first kappa shape index (κ1) is 24.7. The topological polar surface area (TPSA) is 36.3 Å². The van der Waals surface area contributed by atoms with E-state index in [4.69, 9.17) is 11.6 Å². The first-order valence-electron chi connectivity index (χ1n) is 12.6. The van der Waals surface area contributed by atoms with E-state index < -0.39 is 29.5 Å². The van der Waals surface area contributed by atoms with Gasteiger partial charge in [-0.3, -0.25) is 0 Å². The predicted molar refractivity (Wildman–Crippen MR) is 158 cm³/mol. The fourth-order valence-electron chi connectivity index (χ4n) is 5.01. The molecule has 0 saturated heterocycles. The Morgan fingerprint density at radius 2 is 1.11 bits per heavy atom. The molecule has 0 fully saturated rings. The van der Waals surface area contributed by atoms with E-state index in [1.54, 1.807) is 0 Å².